The lowest BCUT2D eigenvalue weighted by atomic mass is 9.98. The van der Waals surface area contributed by atoms with E-state index in [2.05, 4.69) is 5.32 Å². The molecule has 3 amide bonds. The number of likely N-dealkylation sites (N-methyl/N-ethyl adjacent to an activating group) is 1. The summed E-state index contributed by atoms with van der Waals surface area (Å²) < 4.78 is 0. The van der Waals surface area contributed by atoms with E-state index in [1.54, 1.807) is 24.1 Å². The predicted octanol–water partition coefficient (Wildman–Crippen LogP) is -0.0284. The van der Waals surface area contributed by atoms with Gasteiger partial charge >= 0.3 is 0 Å². The van der Waals surface area contributed by atoms with Crippen LogP contribution in [0.25, 0.3) is 0 Å². The summed E-state index contributed by atoms with van der Waals surface area (Å²) in [6.45, 7) is 0.358. The van der Waals surface area contributed by atoms with Crippen molar-refractivity contribution in [3.8, 4) is 0 Å². The van der Waals surface area contributed by atoms with Gasteiger partial charge in [-0.1, -0.05) is 0 Å². The number of β-amino-alcohol motifs (C(OH)–C–C–N with tert-alkyl or cyclic N) is 1. The fraction of sp³-hybridized carbons (Fsp3) is 0.312. The van der Waals surface area contributed by atoms with Gasteiger partial charge in [-0.05, 0) is 30.2 Å². The molecule has 1 aromatic carbocycles. The van der Waals surface area contributed by atoms with E-state index in [9.17, 15) is 14.4 Å². The number of rotatable bonds is 4. The molecular weight excluding hydrogens is 298 g/mol. The summed E-state index contributed by atoms with van der Waals surface area (Å²) in [4.78, 5) is 38.5. The maximum absolute atomic E-state index is 12.1. The average molecular weight is 315 g/mol. The second kappa shape index (κ2) is 5.85. The summed E-state index contributed by atoms with van der Waals surface area (Å²) in [5.74, 6) is -0.919. The van der Waals surface area contributed by atoms with Gasteiger partial charge in [0.2, 0.25) is 0 Å². The number of anilines is 1. The number of aliphatic hydroxyl groups excluding tert-OH is 1. The minimum absolute atomic E-state index is 0.0155. The quantitative estimate of drug-likeness (QED) is 0.762. The molecule has 0 unspecified atom stereocenters. The van der Waals surface area contributed by atoms with Crippen molar-refractivity contribution in [3.05, 3.63) is 41.1 Å². The van der Waals surface area contributed by atoms with Crippen molar-refractivity contribution in [1.29, 1.82) is 0 Å². The number of amides is 3. The largest absolute Gasteiger partial charge is 0.395 e. The van der Waals surface area contributed by atoms with E-state index >= 15 is 0 Å². The maximum Gasteiger partial charge on any atom is 0.277 e. The van der Waals surface area contributed by atoms with Crippen molar-refractivity contribution >= 4 is 23.4 Å². The van der Waals surface area contributed by atoms with E-state index in [0.29, 0.717) is 17.8 Å². The first kappa shape index (κ1) is 15.2. The highest BCUT2D eigenvalue weighted by Gasteiger charge is 2.31. The zero-order chi connectivity index (χ0) is 16.6. The first-order valence-electron chi connectivity index (χ1n) is 7.35. The van der Waals surface area contributed by atoms with Crippen molar-refractivity contribution in [3.63, 3.8) is 0 Å². The average Bonchev–Trinajstić information content (AvgIpc) is 2.79. The molecule has 23 heavy (non-hydrogen) atoms. The minimum atomic E-state index is -0.461. The third kappa shape index (κ3) is 2.70. The van der Waals surface area contributed by atoms with Gasteiger partial charge in [-0.2, -0.15) is 0 Å². The van der Waals surface area contributed by atoms with Crippen LogP contribution < -0.4 is 5.32 Å². The summed E-state index contributed by atoms with van der Waals surface area (Å²) >= 11 is 0. The van der Waals surface area contributed by atoms with E-state index in [1.807, 2.05) is 6.07 Å². The minimum Gasteiger partial charge on any atom is -0.395 e. The number of benzene rings is 1. The molecule has 120 valence electrons. The molecule has 0 aromatic heterocycles. The van der Waals surface area contributed by atoms with E-state index in [1.165, 1.54) is 6.08 Å². The Kier molecular flexibility index (Phi) is 3.87. The van der Waals surface area contributed by atoms with Gasteiger partial charge in [0.25, 0.3) is 17.7 Å². The Labute approximate surface area is 133 Å². The topological polar surface area (TPSA) is 89.9 Å². The van der Waals surface area contributed by atoms with Crippen LogP contribution in [0, 0.1) is 0 Å². The van der Waals surface area contributed by atoms with Crippen LogP contribution in [0.1, 0.15) is 15.9 Å². The van der Waals surface area contributed by atoms with Crippen LogP contribution in [0.3, 0.4) is 0 Å². The first-order chi connectivity index (χ1) is 11.0. The van der Waals surface area contributed by atoms with Gasteiger partial charge < -0.3 is 15.3 Å². The van der Waals surface area contributed by atoms with Crippen LogP contribution in [0.2, 0.25) is 0 Å². The molecule has 2 N–H and O–H groups in total. The molecule has 0 atom stereocenters. The fourth-order valence-electron chi connectivity index (χ4n) is 2.75. The third-order valence-corrected chi connectivity index (χ3v) is 4.01. The zero-order valence-corrected chi connectivity index (χ0v) is 12.7. The normalized spacial score (nSPS) is 17.5. The highest BCUT2D eigenvalue weighted by Crippen LogP contribution is 2.24. The molecular formula is C16H17N3O4. The van der Waals surface area contributed by atoms with Gasteiger partial charge in [0.15, 0.2) is 0 Å². The molecule has 3 rings (SSSR count). The molecule has 2 aliphatic heterocycles. The molecule has 0 saturated heterocycles. The van der Waals surface area contributed by atoms with Crippen molar-refractivity contribution in [1.82, 2.24) is 9.80 Å². The van der Waals surface area contributed by atoms with E-state index in [4.69, 9.17) is 5.11 Å². The van der Waals surface area contributed by atoms with Crippen LogP contribution in [0.15, 0.2) is 30.0 Å². The summed E-state index contributed by atoms with van der Waals surface area (Å²) in [6.07, 6.45) is 1.96. The Balaban J connectivity index is 1.80. The Morgan fingerprint density at radius 2 is 2.00 bits per heavy atom. The lowest BCUT2D eigenvalue weighted by Gasteiger charge is -2.25. The van der Waals surface area contributed by atoms with Gasteiger partial charge in [-0.15, -0.1) is 0 Å². The Morgan fingerprint density at radius 3 is 2.74 bits per heavy atom. The second-order valence-electron chi connectivity index (χ2n) is 5.55. The van der Waals surface area contributed by atoms with E-state index in [-0.39, 0.29) is 24.8 Å². The SMILES string of the molecule is CN1CCc2cc(NC3=CC(=O)N(CCO)C3=O)ccc2C1=O. The molecule has 0 spiro atoms. The number of carbonyl (C=O) groups excluding carboxylic acids is 3. The fourth-order valence-corrected chi connectivity index (χ4v) is 2.75. The predicted molar refractivity (Wildman–Crippen MR) is 82.6 cm³/mol. The van der Waals surface area contributed by atoms with Gasteiger partial charge in [0.1, 0.15) is 5.70 Å². The molecule has 1 aromatic rings. The first-order valence-corrected chi connectivity index (χ1v) is 7.35. The molecule has 0 fully saturated rings. The van der Waals surface area contributed by atoms with Crippen molar-refractivity contribution < 1.29 is 19.5 Å². The lowest BCUT2D eigenvalue weighted by molar-refractivity contribution is -0.137. The van der Waals surface area contributed by atoms with Crippen LogP contribution in [-0.2, 0) is 16.0 Å². The van der Waals surface area contributed by atoms with Crippen LogP contribution in [0.5, 0.6) is 0 Å². The summed E-state index contributed by atoms with van der Waals surface area (Å²) in [5.41, 5.74) is 2.40. The number of fused-ring (bicyclic) bond motifs is 1. The number of nitrogens with one attached hydrogen (secondary N) is 1. The number of nitrogens with zero attached hydrogens (tertiary/aromatic N) is 2. The summed E-state index contributed by atoms with van der Waals surface area (Å²) in [7, 11) is 1.76. The summed E-state index contributed by atoms with van der Waals surface area (Å²) in [6, 6.07) is 5.26. The molecule has 2 aliphatic rings. The van der Waals surface area contributed by atoms with Gasteiger partial charge in [0, 0.05) is 30.9 Å². The Bertz CT molecular complexity index is 726. The van der Waals surface area contributed by atoms with Crippen molar-refractivity contribution in [2.45, 2.75) is 6.42 Å². The number of hydrogen-bond acceptors (Lipinski definition) is 5. The standard InChI is InChI=1S/C16H17N3O4/c1-18-5-4-10-8-11(2-3-12(10)15(18)22)17-13-9-14(21)19(6-7-20)16(13)23/h2-3,8-9,17,20H,4-7H2,1H3. The number of carbonyl (C=O) groups is 3. The molecule has 0 radical (unpaired) electrons. The second-order valence-corrected chi connectivity index (χ2v) is 5.55. The van der Waals surface area contributed by atoms with E-state index in [0.717, 1.165) is 16.9 Å². The van der Waals surface area contributed by atoms with Gasteiger partial charge in [-0.25, -0.2) is 0 Å². The number of aliphatic hydroxyl groups is 1. The number of hydrogen-bond donors (Lipinski definition) is 2. The Morgan fingerprint density at radius 1 is 1.22 bits per heavy atom. The zero-order valence-electron chi connectivity index (χ0n) is 12.7. The van der Waals surface area contributed by atoms with Crippen LogP contribution >= 0.6 is 0 Å². The highest BCUT2D eigenvalue weighted by molar-refractivity contribution is 6.17. The smallest absolute Gasteiger partial charge is 0.277 e. The molecule has 0 aliphatic carbocycles. The molecule has 0 saturated carbocycles. The third-order valence-electron chi connectivity index (χ3n) is 4.01. The van der Waals surface area contributed by atoms with Crippen LogP contribution in [0.4, 0.5) is 5.69 Å². The van der Waals surface area contributed by atoms with E-state index < -0.39 is 11.8 Å². The molecule has 0 bridgehead atoms. The van der Waals surface area contributed by atoms with Crippen molar-refractivity contribution in [2.24, 2.45) is 0 Å². The molecule has 2 heterocycles. The maximum atomic E-state index is 12.1. The van der Waals surface area contributed by atoms with Gasteiger partial charge in [0.05, 0.1) is 13.2 Å². The van der Waals surface area contributed by atoms with Gasteiger partial charge in [-0.3, -0.25) is 19.3 Å². The molecule has 7 heteroatoms. The lowest BCUT2D eigenvalue weighted by Crippen LogP contribution is -2.34. The number of imide groups is 1. The molecule has 7 nitrogen and oxygen atoms in total. The van der Waals surface area contributed by atoms with Crippen molar-refractivity contribution in [2.75, 3.05) is 32.1 Å². The highest BCUT2D eigenvalue weighted by atomic mass is 16.3. The van der Waals surface area contributed by atoms with Crippen LogP contribution in [-0.4, -0.2) is 59.4 Å². The Hall–Kier alpha value is -2.67. The summed E-state index contributed by atoms with van der Waals surface area (Å²) in [5, 5.41) is 11.8. The monoisotopic (exact) mass is 315 g/mol.